The lowest BCUT2D eigenvalue weighted by Crippen LogP contribution is -2.26. The van der Waals surface area contributed by atoms with Gasteiger partial charge in [-0.15, -0.1) is 17.8 Å². The molecule has 0 saturated carbocycles. The van der Waals surface area contributed by atoms with Crippen LogP contribution < -0.4 is 0 Å². The van der Waals surface area contributed by atoms with Crippen molar-refractivity contribution >= 4 is 27.3 Å². The number of halogens is 1. The molecule has 0 aliphatic rings. The Morgan fingerprint density at radius 3 is 3.00 bits per heavy atom. The zero-order valence-electron chi connectivity index (χ0n) is 7.62. The van der Waals surface area contributed by atoms with Crippen LogP contribution in [-0.2, 0) is 6.54 Å². The largest absolute Gasteiger partial charge is 0.286 e. The first-order valence-corrected chi connectivity index (χ1v) is 5.51. The monoisotopic (exact) mass is 258 g/mol. The van der Waals surface area contributed by atoms with Crippen molar-refractivity contribution in [3.05, 3.63) is 15.0 Å². The van der Waals surface area contributed by atoms with Gasteiger partial charge < -0.3 is 0 Å². The van der Waals surface area contributed by atoms with Gasteiger partial charge >= 0.3 is 0 Å². The Labute approximate surface area is 91.1 Å². The van der Waals surface area contributed by atoms with Crippen LogP contribution in [0.25, 0.3) is 0 Å². The third-order valence-corrected chi connectivity index (χ3v) is 3.27. The summed E-state index contributed by atoms with van der Waals surface area (Å²) in [5, 5.41) is 1.08. The van der Waals surface area contributed by atoms with Gasteiger partial charge in [0.1, 0.15) is 5.01 Å². The number of aromatic nitrogens is 1. The second-order valence-corrected chi connectivity index (χ2v) is 5.31. The van der Waals surface area contributed by atoms with E-state index in [-0.39, 0.29) is 6.04 Å². The molecule has 0 fully saturated rings. The van der Waals surface area contributed by atoms with Crippen LogP contribution in [0, 0.1) is 12.3 Å². The molecule has 1 rings (SSSR count). The Hall–Kier alpha value is -0.370. The van der Waals surface area contributed by atoms with Crippen LogP contribution in [0.1, 0.15) is 11.9 Å². The molecule has 1 unspecified atom stereocenters. The van der Waals surface area contributed by atoms with Gasteiger partial charge in [0.15, 0.2) is 0 Å². The lowest BCUT2D eigenvalue weighted by Gasteiger charge is -2.18. The van der Waals surface area contributed by atoms with E-state index in [1.54, 1.807) is 11.3 Å². The average Bonchev–Trinajstić information content (AvgIpc) is 2.49. The molecule has 0 aliphatic carbocycles. The number of terminal acetylenes is 1. The zero-order chi connectivity index (χ0) is 9.84. The summed E-state index contributed by atoms with van der Waals surface area (Å²) in [5.74, 6) is 2.68. The van der Waals surface area contributed by atoms with Crippen LogP contribution in [0.2, 0.25) is 0 Å². The highest BCUT2D eigenvalue weighted by Gasteiger charge is 2.08. The molecule has 0 aliphatic heterocycles. The van der Waals surface area contributed by atoms with Crippen LogP contribution in [0.5, 0.6) is 0 Å². The molecule has 0 saturated heterocycles. The number of rotatable bonds is 3. The van der Waals surface area contributed by atoms with Crippen molar-refractivity contribution in [1.82, 2.24) is 9.88 Å². The highest BCUT2D eigenvalue weighted by atomic mass is 79.9. The minimum Gasteiger partial charge on any atom is -0.286 e. The zero-order valence-corrected chi connectivity index (χ0v) is 10.0. The number of thiazole rings is 1. The van der Waals surface area contributed by atoms with E-state index in [4.69, 9.17) is 6.42 Å². The maximum Gasteiger partial charge on any atom is 0.108 e. The van der Waals surface area contributed by atoms with Gasteiger partial charge in [-0.25, -0.2) is 4.98 Å². The number of nitrogens with zero attached hydrogens (tertiary/aromatic N) is 2. The molecule has 1 aromatic heterocycles. The molecule has 0 amide bonds. The second kappa shape index (κ2) is 4.75. The molecule has 13 heavy (non-hydrogen) atoms. The highest BCUT2D eigenvalue weighted by molar-refractivity contribution is 9.11. The van der Waals surface area contributed by atoms with E-state index in [2.05, 4.69) is 31.7 Å². The van der Waals surface area contributed by atoms with Gasteiger partial charge in [0.2, 0.25) is 0 Å². The Kier molecular flexibility index (Phi) is 3.91. The maximum atomic E-state index is 5.31. The Morgan fingerprint density at radius 1 is 1.85 bits per heavy atom. The standard InChI is InChI=1S/C9H11BrN2S/c1-4-7(2)12(3)6-9-11-5-8(10)13-9/h1,5,7H,6H2,2-3H3. The van der Waals surface area contributed by atoms with Crippen LogP contribution in [0.3, 0.4) is 0 Å². The molecule has 2 nitrogen and oxygen atoms in total. The summed E-state index contributed by atoms with van der Waals surface area (Å²) < 4.78 is 1.06. The minimum atomic E-state index is 0.155. The van der Waals surface area contributed by atoms with Crippen molar-refractivity contribution in [3.8, 4) is 12.3 Å². The van der Waals surface area contributed by atoms with E-state index in [0.717, 1.165) is 15.3 Å². The van der Waals surface area contributed by atoms with E-state index < -0.39 is 0 Å². The van der Waals surface area contributed by atoms with E-state index in [9.17, 15) is 0 Å². The van der Waals surface area contributed by atoms with Crippen LogP contribution in [0.4, 0.5) is 0 Å². The van der Waals surface area contributed by atoms with E-state index in [1.807, 2.05) is 20.2 Å². The Morgan fingerprint density at radius 2 is 2.54 bits per heavy atom. The number of hydrogen-bond donors (Lipinski definition) is 0. The first-order valence-electron chi connectivity index (χ1n) is 3.90. The van der Waals surface area contributed by atoms with Crippen molar-refractivity contribution in [2.45, 2.75) is 19.5 Å². The lowest BCUT2D eigenvalue weighted by molar-refractivity contribution is 0.296. The predicted octanol–water partition coefficient (Wildman–Crippen LogP) is 2.36. The average molecular weight is 259 g/mol. The lowest BCUT2D eigenvalue weighted by atomic mass is 10.3. The highest BCUT2D eigenvalue weighted by Crippen LogP contribution is 2.20. The molecule has 0 bridgehead atoms. The summed E-state index contributed by atoms with van der Waals surface area (Å²) in [6, 6.07) is 0.155. The molecule has 0 aromatic carbocycles. The van der Waals surface area contributed by atoms with Crippen molar-refractivity contribution < 1.29 is 0 Å². The summed E-state index contributed by atoms with van der Waals surface area (Å²) in [6.45, 7) is 2.81. The summed E-state index contributed by atoms with van der Waals surface area (Å²) in [6.07, 6.45) is 7.13. The molecule has 1 atom stereocenters. The molecule has 1 heterocycles. The molecule has 70 valence electrons. The van der Waals surface area contributed by atoms with E-state index >= 15 is 0 Å². The molecule has 0 spiro atoms. The van der Waals surface area contributed by atoms with Crippen LogP contribution in [-0.4, -0.2) is 23.0 Å². The van der Waals surface area contributed by atoms with Crippen LogP contribution >= 0.6 is 27.3 Å². The predicted molar refractivity (Wildman–Crippen MR) is 59.6 cm³/mol. The normalized spacial score (nSPS) is 12.8. The fourth-order valence-corrected chi connectivity index (χ4v) is 2.21. The van der Waals surface area contributed by atoms with Gasteiger partial charge in [-0.3, -0.25) is 4.90 Å². The van der Waals surface area contributed by atoms with Crippen molar-refractivity contribution in [1.29, 1.82) is 0 Å². The number of hydrogen-bond acceptors (Lipinski definition) is 3. The van der Waals surface area contributed by atoms with Gasteiger partial charge in [0, 0.05) is 0 Å². The van der Waals surface area contributed by atoms with Gasteiger partial charge in [0.05, 0.1) is 22.6 Å². The Balaban J connectivity index is 2.55. The molecule has 4 heteroatoms. The van der Waals surface area contributed by atoms with Crippen molar-refractivity contribution in [2.24, 2.45) is 0 Å². The SMILES string of the molecule is C#CC(C)N(C)Cc1ncc(Br)s1. The van der Waals surface area contributed by atoms with Crippen LogP contribution in [0.15, 0.2) is 9.98 Å². The quantitative estimate of drug-likeness (QED) is 0.775. The minimum absolute atomic E-state index is 0.155. The van der Waals surface area contributed by atoms with Crippen molar-refractivity contribution in [2.75, 3.05) is 7.05 Å². The molecule has 0 radical (unpaired) electrons. The second-order valence-electron chi connectivity index (χ2n) is 2.82. The summed E-state index contributed by atoms with van der Waals surface area (Å²) >= 11 is 5.01. The topological polar surface area (TPSA) is 16.1 Å². The smallest absolute Gasteiger partial charge is 0.108 e. The molecular weight excluding hydrogens is 248 g/mol. The summed E-state index contributed by atoms with van der Waals surface area (Å²) in [4.78, 5) is 6.32. The molecular formula is C9H11BrN2S. The first kappa shape index (κ1) is 10.7. The van der Waals surface area contributed by atoms with Gasteiger partial charge in [-0.1, -0.05) is 5.92 Å². The summed E-state index contributed by atoms with van der Waals surface area (Å²) in [5.41, 5.74) is 0. The van der Waals surface area contributed by atoms with Gasteiger partial charge in [-0.05, 0) is 29.9 Å². The third kappa shape index (κ3) is 3.11. The molecule has 1 aromatic rings. The van der Waals surface area contributed by atoms with Gasteiger partial charge in [0.25, 0.3) is 0 Å². The van der Waals surface area contributed by atoms with E-state index in [0.29, 0.717) is 0 Å². The first-order chi connectivity index (χ1) is 6.13. The van der Waals surface area contributed by atoms with Gasteiger partial charge in [-0.2, -0.15) is 0 Å². The molecule has 0 N–H and O–H groups in total. The van der Waals surface area contributed by atoms with E-state index in [1.165, 1.54) is 0 Å². The fourth-order valence-electron chi connectivity index (χ4n) is 0.839. The summed E-state index contributed by atoms with van der Waals surface area (Å²) in [7, 11) is 2.00. The fraction of sp³-hybridized carbons (Fsp3) is 0.444. The van der Waals surface area contributed by atoms with Crippen molar-refractivity contribution in [3.63, 3.8) is 0 Å². The third-order valence-electron chi connectivity index (χ3n) is 1.81. The Bertz CT molecular complexity index is 316. The maximum absolute atomic E-state index is 5.31.